The zero-order valence-electron chi connectivity index (χ0n) is 14.0. The van der Waals surface area contributed by atoms with Crippen LogP contribution in [0.3, 0.4) is 0 Å². The number of hydrogen-bond acceptors (Lipinski definition) is 5. The van der Waals surface area contributed by atoms with Crippen molar-refractivity contribution in [3.05, 3.63) is 39.9 Å². The molecule has 0 spiro atoms. The lowest BCUT2D eigenvalue weighted by atomic mass is 10.2. The Bertz CT molecular complexity index is 744. The molecule has 5 nitrogen and oxygen atoms in total. The molecule has 2 aromatic rings. The first-order chi connectivity index (χ1) is 12.2. The summed E-state index contributed by atoms with van der Waals surface area (Å²) in [5, 5.41) is 11.4. The van der Waals surface area contributed by atoms with Gasteiger partial charge < -0.3 is 9.80 Å². The van der Waals surface area contributed by atoms with Gasteiger partial charge in [-0.25, -0.2) is 0 Å². The number of carbonyl (C=O) groups excluding carboxylic acids is 1. The normalized spacial score (nSPS) is 18.3. The summed E-state index contributed by atoms with van der Waals surface area (Å²) in [5.74, 6) is 0.654. The first kappa shape index (κ1) is 16.8. The predicted octanol–water partition coefficient (Wildman–Crippen LogP) is 3.23. The summed E-state index contributed by atoms with van der Waals surface area (Å²) in [6.45, 7) is 3.43. The summed E-state index contributed by atoms with van der Waals surface area (Å²) in [6.07, 6.45) is 3.91. The number of hydrogen-bond donors (Lipinski definition) is 0. The molecule has 7 heteroatoms. The summed E-state index contributed by atoms with van der Waals surface area (Å²) in [7, 11) is 0. The van der Waals surface area contributed by atoms with Gasteiger partial charge in [0.2, 0.25) is 11.0 Å². The third-order valence-electron chi connectivity index (χ3n) is 4.73. The number of anilines is 1. The maximum absolute atomic E-state index is 12.3. The van der Waals surface area contributed by atoms with Crippen LogP contribution in [-0.2, 0) is 11.2 Å². The molecule has 2 heterocycles. The third kappa shape index (κ3) is 4.12. The van der Waals surface area contributed by atoms with Crippen molar-refractivity contribution in [2.24, 2.45) is 5.92 Å². The lowest BCUT2D eigenvalue weighted by Gasteiger charge is -2.21. The second-order valence-electron chi connectivity index (χ2n) is 6.72. The van der Waals surface area contributed by atoms with Crippen LogP contribution in [0.5, 0.6) is 0 Å². The topological polar surface area (TPSA) is 49.3 Å². The number of halogens is 1. The first-order valence-electron chi connectivity index (χ1n) is 8.79. The Morgan fingerprint density at radius 2 is 1.92 bits per heavy atom. The summed E-state index contributed by atoms with van der Waals surface area (Å²) in [5.41, 5.74) is 1.18. The monoisotopic (exact) mass is 376 g/mol. The Morgan fingerprint density at radius 3 is 2.68 bits per heavy atom. The Labute approximate surface area is 156 Å². The fourth-order valence-electron chi connectivity index (χ4n) is 3.14. The molecule has 1 aliphatic heterocycles. The van der Waals surface area contributed by atoms with E-state index in [0.29, 0.717) is 11.8 Å². The standard InChI is InChI=1S/C18H21ClN4OS/c19-15-6-2-13(3-7-15)12-16-20-21-18(25-16)23-9-1-8-22(10-11-23)17(24)14-4-5-14/h2-3,6-7,14H,1,4-5,8-12H2. The Balaban J connectivity index is 1.38. The zero-order valence-corrected chi connectivity index (χ0v) is 15.6. The van der Waals surface area contributed by atoms with Crippen LogP contribution in [0.2, 0.25) is 5.02 Å². The van der Waals surface area contributed by atoms with Gasteiger partial charge in [0, 0.05) is 43.5 Å². The van der Waals surface area contributed by atoms with Crippen LogP contribution in [0.15, 0.2) is 24.3 Å². The van der Waals surface area contributed by atoms with Crippen LogP contribution in [0.25, 0.3) is 0 Å². The summed E-state index contributed by atoms with van der Waals surface area (Å²) in [4.78, 5) is 16.6. The molecule has 25 heavy (non-hydrogen) atoms. The van der Waals surface area contributed by atoms with Crippen LogP contribution >= 0.6 is 22.9 Å². The molecule has 2 aliphatic rings. The molecule has 1 amide bonds. The molecule has 132 valence electrons. The van der Waals surface area contributed by atoms with Gasteiger partial charge in [-0.2, -0.15) is 0 Å². The largest absolute Gasteiger partial charge is 0.345 e. The second kappa shape index (κ2) is 7.30. The van der Waals surface area contributed by atoms with Gasteiger partial charge in [0.25, 0.3) is 0 Å². The number of rotatable bonds is 4. The van der Waals surface area contributed by atoms with E-state index in [1.807, 2.05) is 29.2 Å². The zero-order chi connectivity index (χ0) is 17.2. The van der Waals surface area contributed by atoms with Crippen LogP contribution < -0.4 is 4.90 Å². The van der Waals surface area contributed by atoms with E-state index < -0.39 is 0 Å². The number of carbonyl (C=O) groups is 1. The molecule has 1 saturated heterocycles. The predicted molar refractivity (Wildman–Crippen MR) is 100 cm³/mol. The summed E-state index contributed by atoms with van der Waals surface area (Å²) in [6, 6.07) is 7.85. The Kier molecular flexibility index (Phi) is 4.90. The smallest absolute Gasteiger partial charge is 0.225 e. The Hall–Kier alpha value is -1.66. The van der Waals surface area contributed by atoms with E-state index in [-0.39, 0.29) is 0 Å². The fourth-order valence-corrected chi connectivity index (χ4v) is 4.19. The summed E-state index contributed by atoms with van der Waals surface area (Å²) < 4.78 is 0. The molecule has 0 bridgehead atoms. The van der Waals surface area contributed by atoms with E-state index in [1.54, 1.807) is 11.3 Å². The van der Waals surface area contributed by atoms with Crippen molar-refractivity contribution in [3.8, 4) is 0 Å². The molecule has 1 aromatic carbocycles. The minimum absolute atomic E-state index is 0.305. The van der Waals surface area contributed by atoms with E-state index in [4.69, 9.17) is 11.6 Å². The van der Waals surface area contributed by atoms with Crippen molar-refractivity contribution >= 4 is 34.0 Å². The molecule has 4 rings (SSSR count). The van der Waals surface area contributed by atoms with Crippen molar-refractivity contribution in [3.63, 3.8) is 0 Å². The van der Waals surface area contributed by atoms with E-state index in [9.17, 15) is 4.79 Å². The minimum atomic E-state index is 0.305. The van der Waals surface area contributed by atoms with Crippen molar-refractivity contribution in [2.45, 2.75) is 25.7 Å². The SMILES string of the molecule is O=C(C1CC1)N1CCCN(c2nnc(Cc3ccc(Cl)cc3)s2)CC1. The molecule has 2 fully saturated rings. The van der Waals surface area contributed by atoms with E-state index >= 15 is 0 Å². The van der Waals surface area contributed by atoms with E-state index in [0.717, 1.165) is 67.0 Å². The van der Waals surface area contributed by atoms with E-state index in [1.165, 1.54) is 5.56 Å². The molecule has 0 atom stereocenters. The quantitative estimate of drug-likeness (QED) is 0.822. The average Bonchev–Trinajstić information content (AvgIpc) is 3.41. The average molecular weight is 377 g/mol. The highest BCUT2D eigenvalue weighted by atomic mass is 35.5. The van der Waals surface area contributed by atoms with E-state index in [2.05, 4.69) is 15.1 Å². The molecule has 1 aliphatic carbocycles. The van der Waals surface area contributed by atoms with Gasteiger partial charge in [-0.3, -0.25) is 4.79 Å². The van der Waals surface area contributed by atoms with Crippen LogP contribution in [0, 0.1) is 5.92 Å². The van der Waals surface area contributed by atoms with Crippen molar-refractivity contribution in [1.82, 2.24) is 15.1 Å². The van der Waals surface area contributed by atoms with Crippen LogP contribution in [0.4, 0.5) is 5.13 Å². The minimum Gasteiger partial charge on any atom is -0.345 e. The number of aromatic nitrogens is 2. The molecule has 0 radical (unpaired) electrons. The van der Waals surface area contributed by atoms with Gasteiger partial charge >= 0.3 is 0 Å². The van der Waals surface area contributed by atoms with Gasteiger partial charge in [-0.15, -0.1) is 10.2 Å². The third-order valence-corrected chi connectivity index (χ3v) is 5.97. The Morgan fingerprint density at radius 1 is 1.12 bits per heavy atom. The van der Waals surface area contributed by atoms with Gasteiger partial charge in [-0.1, -0.05) is 35.1 Å². The highest BCUT2D eigenvalue weighted by molar-refractivity contribution is 7.15. The molecular formula is C18H21ClN4OS. The van der Waals surface area contributed by atoms with Crippen molar-refractivity contribution < 1.29 is 4.79 Å². The second-order valence-corrected chi connectivity index (χ2v) is 8.20. The molecule has 0 unspecified atom stereocenters. The summed E-state index contributed by atoms with van der Waals surface area (Å²) >= 11 is 7.58. The highest BCUT2D eigenvalue weighted by Gasteiger charge is 2.34. The molecule has 1 saturated carbocycles. The maximum Gasteiger partial charge on any atom is 0.225 e. The highest BCUT2D eigenvalue weighted by Crippen LogP contribution is 2.31. The number of amides is 1. The maximum atomic E-state index is 12.3. The van der Waals surface area contributed by atoms with Gasteiger partial charge in [0.05, 0.1) is 0 Å². The molecular weight excluding hydrogens is 356 g/mol. The molecule has 1 aromatic heterocycles. The number of nitrogens with zero attached hydrogens (tertiary/aromatic N) is 4. The van der Waals surface area contributed by atoms with Gasteiger partial charge in [0.15, 0.2) is 0 Å². The van der Waals surface area contributed by atoms with Gasteiger partial charge in [-0.05, 0) is 37.0 Å². The van der Waals surface area contributed by atoms with Gasteiger partial charge in [0.1, 0.15) is 5.01 Å². The fraction of sp³-hybridized carbons (Fsp3) is 0.500. The van der Waals surface area contributed by atoms with Crippen LogP contribution in [0.1, 0.15) is 29.8 Å². The number of benzene rings is 1. The van der Waals surface area contributed by atoms with Crippen LogP contribution in [-0.4, -0.2) is 47.2 Å². The van der Waals surface area contributed by atoms with Crippen molar-refractivity contribution in [2.75, 3.05) is 31.1 Å². The first-order valence-corrected chi connectivity index (χ1v) is 9.99. The lowest BCUT2D eigenvalue weighted by Crippen LogP contribution is -2.36. The molecule has 0 N–H and O–H groups in total. The van der Waals surface area contributed by atoms with Crippen molar-refractivity contribution in [1.29, 1.82) is 0 Å². The lowest BCUT2D eigenvalue weighted by molar-refractivity contribution is -0.132.